The molecule has 2 N–H and O–H groups in total. The molecule has 1 saturated carbocycles. The van der Waals surface area contributed by atoms with Crippen LogP contribution in [0.2, 0.25) is 0 Å². The van der Waals surface area contributed by atoms with Crippen LogP contribution in [0.3, 0.4) is 0 Å². The first-order valence-corrected chi connectivity index (χ1v) is 10.9. The molecule has 0 saturated heterocycles. The van der Waals surface area contributed by atoms with Crippen molar-refractivity contribution in [1.29, 1.82) is 0 Å². The number of carbonyl (C=O) groups excluding carboxylic acids is 1. The van der Waals surface area contributed by atoms with Gasteiger partial charge in [-0.2, -0.15) is 5.21 Å². The normalized spacial score (nSPS) is 14.7. The topological polar surface area (TPSA) is 101 Å². The third-order valence-corrected chi connectivity index (χ3v) is 6.13. The lowest BCUT2D eigenvalue weighted by Gasteiger charge is -2.17. The zero-order valence-corrected chi connectivity index (χ0v) is 18.9. The first-order valence-electron chi connectivity index (χ1n) is 10.9. The summed E-state index contributed by atoms with van der Waals surface area (Å²) >= 11 is 0. The van der Waals surface area contributed by atoms with Crippen molar-refractivity contribution >= 4 is 11.6 Å². The van der Waals surface area contributed by atoms with Crippen molar-refractivity contribution in [3.8, 4) is 17.1 Å². The number of amides is 1. The number of hydrogen-bond donors (Lipinski definition) is 2. The van der Waals surface area contributed by atoms with Crippen LogP contribution in [0.4, 0.5) is 14.5 Å². The smallest absolute Gasteiger partial charge is 0.235 e. The summed E-state index contributed by atoms with van der Waals surface area (Å²) in [5, 5.41) is 17.2. The predicted molar refractivity (Wildman–Crippen MR) is 121 cm³/mol. The summed E-state index contributed by atoms with van der Waals surface area (Å²) in [5.41, 5.74) is 2.33. The molecule has 2 aromatic carbocycles. The fraction of sp³-hybridized carbons (Fsp3) is 0.292. The highest BCUT2D eigenvalue weighted by Gasteiger charge is 2.51. The molecule has 0 spiro atoms. The molecule has 1 aliphatic carbocycles. The fourth-order valence-corrected chi connectivity index (χ4v) is 3.95. The summed E-state index contributed by atoms with van der Waals surface area (Å²) in [7, 11) is 0. The number of halogens is 2. The molecule has 0 unspecified atom stereocenters. The lowest BCUT2D eigenvalue weighted by atomic mass is 9.93. The molecule has 2 heterocycles. The van der Waals surface area contributed by atoms with Crippen LogP contribution >= 0.6 is 0 Å². The number of rotatable bonds is 5. The fourth-order valence-electron chi connectivity index (χ4n) is 3.95. The van der Waals surface area contributed by atoms with Gasteiger partial charge >= 0.3 is 0 Å². The van der Waals surface area contributed by atoms with Gasteiger partial charge in [-0.05, 0) is 54.0 Å². The zero-order valence-electron chi connectivity index (χ0n) is 18.9. The molecule has 1 amide bonds. The lowest BCUT2D eigenvalue weighted by molar-refractivity contribution is -0.118. The number of tetrazole rings is 1. The van der Waals surface area contributed by atoms with Crippen molar-refractivity contribution in [3.63, 3.8) is 0 Å². The van der Waals surface area contributed by atoms with Gasteiger partial charge < -0.3 is 9.88 Å². The Morgan fingerprint density at radius 1 is 1.12 bits per heavy atom. The van der Waals surface area contributed by atoms with Crippen LogP contribution in [0.5, 0.6) is 0 Å². The number of carbonyl (C=O) groups is 1. The van der Waals surface area contributed by atoms with Gasteiger partial charge in [0.2, 0.25) is 11.7 Å². The number of aromatic nitrogens is 6. The van der Waals surface area contributed by atoms with E-state index in [1.807, 2.05) is 16.8 Å². The van der Waals surface area contributed by atoms with Gasteiger partial charge in [0, 0.05) is 22.9 Å². The van der Waals surface area contributed by atoms with E-state index in [-0.39, 0.29) is 11.3 Å². The number of imidazole rings is 1. The highest BCUT2D eigenvalue weighted by molar-refractivity contribution is 6.02. The molecule has 1 fully saturated rings. The van der Waals surface area contributed by atoms with Crippen molar-refractivity contribution in [2.45, 2.75) is 44.4 Å². The zero-order chi connectivity index (χ0) is 24.1. The molecule has 174 valence electrons. The van der Waals surface area contributed by atoms with Crippen LogP contribution in [-0.2, 0) is 15.6 Å². The third kappa shape index (κ3) is 3.85. The summed E-state index contributed by atoms with van der Waals surface area (Å²) in [4.78, 5) is 17.7. The van der Waals surface area contributed by atoms with Crippen LogP contribution in [0.1, 0.15) is 44.9 Å². The average molecular weight is 463 g/mol. The number of nitrogens with zero attached hydrogens (tertiary/aromatic N) is 5. The number of nitrogens with one attached hydrogen (secondary N) is 2. The van der Waals surface area contributed by atoms with Crippen LogP contribution < -0.4 is 5.32 Å². The first-order chi connectivity index (χ1) is 16.2. The Labute approximate surface area is 194 Å². The Balaban J connectivity index is 1.48. The van der Waals surface area contributed by atoms with Crippen LogP contribution in [0.15, 0.2) is 48.9 Å². The monoisotopic (exact) mass is 463 g/mol. The Morgan fingerprint density at radius 2 is 1.91 bits per heavy atom. The molecule has 8 nitrogen and oxygen atoms in total. The second-order valence-corrected chi connectivity index (χ2v) is 9.55. The van der Waals surface area contributed by atoms with Crippen molar-refractivity contribution in [3.05, 3.63) is 71.8 Å². The number of benzene rings is 2. The van der Waals surface area contributed by atoms with E-state index < -0.39 is 17.0 Å². The molecule has 1 aliphatic rings. The Morgan fingerprint density at radius 3 is 2.53 bits per heavy atom. The minimum atomic E-state index is -0.963. The molecule has 0 radical (unpaired) electrons. The van der Waals surface area contributed by atoms with E-state index in [4.69, 9.17) is 0 Å². The molecule has 2 aromatic heterocycles. The molecular formula is C24H23F2N7O. The summed E-state index contributed by atoms with van der Waals surface area (Å²) in [6, 6.07) is 8.99. The number of H-pyrrole nitrogens is 1. The van der Waals surface area contributed by atoms with Gasteiger partial charge in [-0.25, -0.2) is 13.8 Å². The lowest BCUT2D eigenvalue weighted by Crippen LogP contribution is -2.28. The maximum absolute atomic E-state index is 13.8. The van der Waals surface area contributed by atoms with E-state index in [9.17, 15) is 13.6 Å². The van der Waals surface area contributed by atoms with Crippen molar-refractivity contribution in [2.75, 3.05) is 5.32 Å². The second kappa shape index (κ2) is 7.82. The molecule has 0 aliphatic heterocycles. The standard InChI is InChI=1S/C24H23F2N7O/c1-23(2,3)20-12-33(13-27-20)19-7-5-15(11-16(19)21-29-31-32-30-21)28-22(34)24(8-9-24)14-4-6-17(25)18(26)10-14/h4-7,10-13H,8-9H2,1-3H3,(H,28,34)(H,29,30,31,32). The van der Waals surface area contributed by atoms with E-state index in [2.05, 4.69) is 51.7 Å². The molecular weight excluding hydrogens is 440 g/mol. The number of anilines is 1. The van der Waals surface area contributed by atoms with Crippen LogP contribution in [0, 0.1) is 11.6 Å². The molecule has 4 aromatic rings. The SMILES string of the molecule is CC(C)(C)c1cn(-c2ccc(NC(=O)C3(c4ccc(F)c(F)c4)CC3)cc2-c2nn[nH]n2)cn1. The van der Waals surface area contributed by atoms with Gasteiger partial charge in [-0.3, -0.25) is 4.79 Å². The van der Waals surface area contributed by atoms with Gasteiger partial charge in [0.05, 0.1) is 23.1 Å². The minimum absolute atomic E-state index is 0.121. The van der Waals surface area contributed by atoms with Gasteiger partial charge in [0.25, 0.3) is 0 Å². The Hall–Kier alpha value is -3.95. The minimum Gasteiger partial charge on any atom is -0.325 e. The van der Waals surface area contributed by atoms with Gasteiger partial charge in [0.15, 0.2) is 11.6 Å². The first kappa shape index (κ1) is 21.9. The van der Waals surface area contributed by atoms with Gasteiger partial charge in [-0.15, -0.1) is 10.2 Å². The predicted octanol–water partition coefficient (Wildman–Crippen LogP) is 4.30. The van der Waals surface area contributed by atoms with E-state index in [1.54, 1.807) is 18.5 Å². The highest BCUT2D eigenvalue weighted by Crippen LogP contribution is 2.49. The summed E-state index contributed by atoms with van der Waals surface area (Å²) in [6.45, 7) is 6.25. The van der Waals surface area contributed by atoms with Crippen molar-refractivity contribution in [1.82, 2.24) is 30.2 Å². The van der Waals surface area contributed by atoms with Gasteiger partial charge in [0.1, 0.15) is 0 Å². The summed E-state index contributed by atoms with van der Waals surface area (Å²) in [5.74, 6) is -1.81. The van der Waals surface area contributed by atoms with E-state index in [1.165, 1.54) is 6.07 Å². The Kier molecular flexibility index (Phi) is 5.03. The third-order valence-electron chi connectivity index (χ3n) is 6.13. The Bertz CT molecular complexity index is 1370. The molecule has 5 rings (SSSR count). The number of hydrogen-bond acceptors (Lipinski definition) is 5. The van der Waals surface area contributed by atoms with Crippen LogP contribution in [0.25, 0.3) is 17.1 Å². The molecule has 0 bridgehead atoms. The quantitative estimate of drug-likeness (QED) is 0.460. The van der Waals surface area contributed by atoms with E-state index >= 15 is 0 Å². The summed E-state index contributed by atoms with van der Waals surface area (Å²) in [6.07, 6.45) is 4.79. The van der Waals surface area contributed by atoms with Crippen LogP contribution in [-0.4, -0.2) is 36.1 Å². The number of aromatic amines is 1. The maximum Gasteiger partial charge on any atom is 0.235 e. The van der Waals surface area contributed by atoms with Crippen molar-refractivity contribution < 1.29 is 13.6 Å². The highest BCUT2D eigenvalue weighted by atomic mass is 19.2. The largest absolute Gasteiger partial charge is 0.325 e. The molecule has 10 heteroatoms. The van der Waals surface area contributed by atoms with Crippen molar-refractivity contribution in [2.24, 2.45) is 0 Å². The maximum atomic E-state index is 13.8. The molecule has 0 atom stereocenters. The second-order valence-electron chi connectivity index (χ2n) is 9.55. The van der Waals surface area contributed by atoms with Gasteiger partial charge in [-0.1, -0.05) is 26.8 Å². The van der Waals surface area contributed by atoms with E-state index in [0.29, 0.717) is 35.5 Å². The summed E-state index contributed by atoms with van der Waals surface area (Å²) < 4.78 is 29.0. The van der Waals surface area contributed by atoms with E-state index in [0.717, 1.165) is 23.5 Å². The average Bonchev–Trinajstić information content (AvgIpc) is 3.20. The molecule has 34 heavy (non-hydrogen) atoms.